The molecule has 3 heterocycles. The van der Waals surface area contributed by atoms with E-state index in [1.807, 2.05) is 24.3 Å². The van der Waals surface area contributed by atoms with Crippen molar-refractivity contribution in [2.24, 2.45) is 0 Å². The number of nitrogens with zero attached hydrogens (tertiary/aromatic N) is 2. The minimum absolute atomic E-state index is 0.162. The van der Waals surface area contributed by atoms with Gasteiger partial charge in [-0.2, -0.15) is 0 Å². The summed E-state index contributed by atoms with van der Waals surface area (Å²) >= 11 is 9.14. The number of benzene rings is 2. The Balaban J connectivity index is 1.62. The molecule has 0 fully saturated rings. The van der Waals surface area contributed by atoms with E-state index in [1.54, 1.807) is 30.5 Å². The van der Waals surface area contributed by atoms with Crippen molar-refractivity contribution in [3.05, 3.63) is 76.5 Å². The van der Waals surface area contributed by atoms with E-state index >= 15 is 0 Å². The molecule has 32 heavy (non-hydrogen) atoms. The summed E-state index contributed by atoms with van der Waals surface area (Å²) in [4.78, 5) is 20.4. The number of carbonyl (C=O) groups excluding carboxylic acids is 1. The predicted molar refractivity (Wildman–Crippen MR) is 129 cm³/mol. The largest absolute Gasteiger partial charge is 0.467 e. The quantitative estimate of drug-likeness (QED) is 0.294. The zero-order chi connectivity index (χ0) is 22.5. The Morgan fingerprint density at radius 3 is 2.62 bits per heavy atom. The highest BCUT2D eigenvalue weighted by atomic mass is 35.5. The third kappa shape index (κ3) is 3.81. The van der Waals surface area contributed by atoms with E-state index in [4.69, 9.17) is 16.0 Å². The van der Waals surface area contributed by atoms with Crippen LogP contribution in [0.1, 0.15) is 15.4 Å². The number of thiazole rings is 1. The fourth-order valence-corrected chi connectivity index (χ4v) is 6.48. The molecule has 6 nitrogen and oxygen atoms in total. The summed E-state index contributed by atoms with van der Waals surface area (Å²) in [6.45, 7) is 0.162. The van der Waals surface area contributed by atoms with Crippen molar-refractivity contribution < 1.29 is 17.6 Å². The lowest BCUT2D eigenvalue weighted by Crippen LogP contribution is -2.29. The molecule has 3 aromatic heterocycles. The smallest absolute Gasteiger partial charge is 0.272 e. The van der Waals surface area contributed by atoms with Crippen molar-refractivity contribution in [3.63, 3.8) is 0 Å². The maximum absolute atomic E-state index is 13.6. The topological polar surface area (TPSA) is 80.5 Å². The number of halogens is 1. The standard InChI is InChI=1S/C22H15ClN2O4S3/c1-32(27,28)14-8-9-16-18(11-14)31-22(24-16)25(12-13-5-4-10-29-13)21(26)20-19(23)15-6-2-3-7-17(15)30-20/h2-11H,12H2,1H3. The molecule has 0 saturated heterocycles. The van der Waals surface area contributed by atoms with Gasteiger partial charge >= 0.3 is 0 Å². The highest BCUT2D eigenvalue weighted by Crippen LogP contribution is 2.38. The van der Waals surface area contributed by atoms with Crippen molar-refractivity contribution in [3.8, 4) is 0 Å². The summed E-state index contributed by atoms with van der Waals surface area (Å²) in [5.41, 5.74) is 0.608. The van der Waals surface area contributed by atoms with Gasteiger partial charge in [0, 0.05) is 16.3 Å². The lowest BCUT2D eigenvalue weighted by molar-refractivity contribution is 0.0987. The average Bonchev–Trinajstić information content (AvgIpc) is 3.49. The normalized spacial score (nSPS) is 11.9. The van der Waals surface area contributed by atoms with Gasteiger partial charge in [0.1, 0.15) is 10.6 Å². The molecule has 2 aromatic carbocycles. The summed E-state index contributed by atoms with van der Waals surface area (Å²) in [7, 11) is -3.36. The van der Waals surface area contributed by atoms with Gasteiger partial charge in [0.05, 0.1) is 32.9 Å². The van der Waals surface area contributed by atoms with Crippen LogP contribution in [0, 0.1) is 0 Å². The number of hydrogen-bond acceptors (Lipinski definition) is 7. The molecule has 0 saturated carbocycles. The van der Waals surface area contributed by atoms with Crippen LogP contribution in [-0.4, -0.2) is 25.6 Å². The first-order chi connectivity index (χ1) is 15.3. The molecule has 0 unspecified atom stereocenters. The number of rotatable bonds is 5. The molecule has 5 rings (SSSR count). The fraction of sp³-hybridized carbons (Fsp3) is 0.0909. The minimum Gasteiger partial charge on any atom is -0.467 e. The van der Waals surface area contributed by atoms with Gasteiger partial charge < -0.3 is 4.42 Å². The first kappa shape index (κ1) is 21.1. The van der Waals surface area contributed by atoms with Gasteiger partial charge in [-0.3, -0.25) is 9.69 Å². The number of thiophene rings is 1. The summed E-state index contributed by atoms with van der Waals surface area (Å²) in [6, 6.07) is 15.9. The lowest BCUT2D eigenvalue weighted by Gasteiger charge is -2.18. The molecule has 162 valence electrons. The van der Waals surface area contributed by atoms with Gasteiger partial charge in [0.2, 0.25) is 0 Å². The van der Waals surface area contributed by atoms with E-state index in [2.05, 4.69) is 4.98 Å². The number of hydrogen-bond donors (Lipinski definition) is 0. The second kappa shape index (κ2) is 8.00. The minimum atomic E-state index is -3.36. The average molecular weight is 503 g/mol. The highest BCUT2D eigenvalue weighted by molar-refractivity contribution is 7.90. The van der Waals surface area contributed by atoms with Gasteiger partial charge in [-0.25, -0.2) is 13.4 Å². The van der Waals surface area contributed by atoms with Crippen molar-refractivity contribution in [2.75, 3.05) is 11.2 Å². The third-order valence-electron chi connectivity index (χ3n) is 4.88. The van der Waals surface area contributed by atoms with Gasteiger partial charge in [-0.05, 0) is 36.4 Å². The molecule has 0 radical (unpaired) electrons. The lowest BCUT2D eigenvalue weighted by atomic mass is 10.2. The molecule has 0 aliphatic heterocycles. The number of amides is 1. The van der Waals surface area contributed by atoms with Crippen molar-refractivity contribution in [1.29, 1.82) is 0 Å². The number of furan rings is 1. The van der Waals surface area contributed by atoms with Crippen LogP contribution in [0.3, 0.4) is 0 Å². The van der Waals surface area contributed by atoms with Gasteiger partial charge in [0.25, 0.3) is 5.91 Å². The highest BCUT2D eigenvalue weighted by Gasteiger charge is 2.27. The van der Waals surface area contributed by atoms with E-state index in [9.17, 15) is 13.2 Å². The summed E-state index contributed by atoms with van der Waals surface area (Å²) in [5, 5.41) is 1.66. The number of anilines is 1. The van der Waals surface area contributed by atoms with Crippen LogP contribution in [0.5, 0.6) is 0 Å². The Labute approximate surface area is 196 Å². The molecule has 0 atom stereocenters. The Morgan fingerprint density at radius 2 is 1.91 bits per heavy atom. The summed E-state index contributed by atoms with van der Waals surface area (Å²) in [5.74, 6) is 0.293. The maximum Gasteiger partial charge on any atom is 0.272 e. The molecule has 0 N–H and O–H groups in total. The Hall–Kier alpha value is -2.72. The Morgan fingerprint density at radius 1 is 1.09 bits per heavy atom. The molecular weight excluding hydrogens is 488 g/mol. The van der Waals surface area contributed by atoms with Gasteiger partial charge in [-0.15, -0.1) is 11.3 Å². The van der Waals surface area contributed by atoms with Crippen molar-refractivity contribution in [1.82, 2.24) is 4.98 Å². The monoisotopic (exact) mass is 502 g/mol. The first-order valence-corrected chi connectivity index (χ1v) is 13.3. The second-order valence-corrected chi connectivity index (χ2v) is 11.6. The van der Waals surface area contributed by atoms with Crippen LogP contribution in [-0.2, 0) is 16.4 Å². The Kier molecular flexibility index (Phi) is 5.29. The van der Waals surface area contributed by atoms with Crippen LogP contribution >= 0.6 is 34.3 Å². The van der Waals surface area contributed by atoms with Crippen molar-refractivity contribution >= 4 is 75.5 Å². The van der Waals surface area contributed by atoms with E-state index < -0.39 is 9.84 Å². The molecule has 1 amide bonds. The van der Waals surface area contributed by atoms with Crippen LogP contribution < -0.4 is 4.90 Å². The molecule has 0 bridgehead atoms. The van der Waals surface area contributed by atoms with Crippen LogP contribution in [0.25, 0.3) is 20.3 Å². The van der Waals surface area contributed by atoms with Crippen LogP contribution in [0.4, 0.5) is 5.13 Å². The predicted octanol–water partition coefficient (Wildman–Crippen LogP) is 6.01. The molecule has 10 heteroatoms. The number of aromatic nitrogens is 1. The van der Waals surface area contributed by atoms with E-state index in [0.717, 1.165) is 16.3 Å². The fourth-order valence-electron chi connectivity index (χ4n) is 3.30. The van der Waals surface area contributed by atoms with Crippen LogP contribution in [0.15, 0.2) is 70.2 Å². The molecule has 0 aliphatic rings. The third-order valence-corrected chi connectivity index (χ3v) is 8.69. The van der Waals surface area contributed by atoms with Crippen molar-refractivity contribution in [2.45, 2.75) is 11.4 Å². The maximum atomic E-state index is 13.6. The SMILES string of the molecule is CS(=O)(=O)c1ccc2nc(N(Cc3ccco3)C(=O)c3sc4ccccc4c3Cl)sc2c1. The van der Waals surface area contributed by atoms with Gasteiger partial charge in [0.15, 0.2) is 15.0 Å². The summed E-state index contributed by atoms with van der Waals surface area (Å²) < 4.78 is 30.9. The number of sulfone groups is 1. The number of carbonyl (C=O) groups is 1. The molecular formula is C22H15ClN2O4S3. The molecule has 0 spiro atoms. The molecule has 5 aromatic rings. The van der Waals surface area contributed by atoms with E-state index in [1.165, 1.54) is 33.6 Å². The zero-order valence-corrected chi connectivity index (χ0v) is 19.8. The zero-order valence-electron chi connectivity index (χ0n) is 16.6. The van der Waals surface area contributed by atoms with Gasteiger partial charge in [-0.1, -0.05) is 41.1 Å². The van der Waals surface area contributed by atoms with E-state index in [0.29, 0.717) is 31.0 Å². The first-order valence-electron chi connectivity index (χ1n) is 9.43. The van der Waals surface area contributed by atoms with Crippen LogP contribution in [0.2, 0.25) is 5.02 Å². The number of fused-ring (bicyclic) bond motifs is 2. The summed E-state index contributed by atoms with van der Waals surface area (Å²) in [6.07, 6.45) is 2.70. The van der Waals surface area contributed by atoms with E-state index in [-0.39, 0.29) is 17.3 Å². The second-order valence-electron chi connectivity index (χ2n) is 7.11. The Bertz CT molecular complexity index is 1570. The molecule has 0 aliphatic carbocycles.